The van der Waals surface area contributed by atoms with Gasteiger partial charge in [0.25, 0.3) is 5.91 Å². The van der Waals surface area contributed by atoms with E-state index in [-0.39, 0.29) is 12.0 Å². The number of aryl methyl sites for hydroxylation is 2. The van der Waals surface area contributed by atoms with Crippen LogP contribution in [0.5, 0.6) is 0 Å². The van der Waals surface area contributed by atoms with Crippen molar-refractivity contribution in [3.8, 4) is 0 Å². The zero-order chi connectivity index (χ0) is 12.4. The van der Waals surface area contributed by atoms with E-state index in [1.807, 2.05) is 32.0 Å². The van der Waals surface area contributed by atoms with Crippen LogP contribution in [0, 0.1) is 19.8 Å². The van der Waals surface area contributed by atoms with Gasteiger partial charge in [-0.2, -0.15) is 0 Å². The second-order valence-corrected chi connectivity index (χ2v) is 4.88. The number of carbonyl (C=O) groups is 1. The van der Waals surface area contributed by atoms with Crippen LogP contribution < -0.4 is 5.32 Å². The zero-order valence-electron chi connectivity index (χ0n) is 10.4. The molecule has 0 aliphatic heterocycles. The normalized spacial score (nSPS) is 16.6. The largest absolute Gasteiger partial charge is 0.391 e. The van der Waals surface area contributed by atoms with Gasteiger partial charge in [0, 0.05) is 12.1 Å². The van der Waals surface area contributed by atoms with Crippen molar-refractivity contribution in [2.45, 2.75) is 32.8 Å². The van der Waals surface area contributed by atoms with Crippen LogP contribution in [0.2, 0.25) is 0 Å². The summed E-state index contributed by atoms with van der Waals surface area (Å²) < 4.78 is 0. The molecule has 0 spiro atoms. The van der Waals surface area contributed by atoms with Gasteiger partial charge in [-0.05, 0) is 43.7 Å². The Morgan fingerprint density at radius 2 is 2.00 bits per heavy atom. The predicted octanol–water partition coefficient (Wildman–Crippen LogP) is 1.80. The Morgan fingerprint density at radius 1 is 1.41 bits per heavy atom. The molecule has 0 aromatic heterocycles. The van der Waals surface area contributed by atoms with Gasteiger partial charge in [-0.25, -0.2) is 0 Å². The van der Waals surface area contributed by atoms with Gasteiger partial charge < -0.3 is 10.4 Å². The van der Waals surface area contributed by atoms with Crippen molar-refractivity contribution in [2.75, 3.05) is 6.54 Å². The summed E-state index contributed by atoms with van der Waals surface area (Å²) in [4.78, 5) is 12.0. The van der Waals surface area contributed by atoms with Crippen molar-refractivity contribution >= 4 is 5.91 Å². The summed E-state index contributed by atoms with van der Waals surface area (Å²) in [6.45, 7) is 4.22. The van der Waals surface area contributed by atoms with Crippen LogP contribution >= 0.6 is 0 Å². The number of amides is 1. The van der Waals surface area contributed by atoms with Crippen molar-refractivity contribution in [1.29, 1.82) is 0 Å². The van der Waals surface area contributed by atoms with Crippen LogP contribution in [-0.2, 0) is 0 Å². The summed E-state index contributed by atoms with van der Waals surface area (Å²) in [6, 6.07) is 5.80. The van der Waals surface area contributed by atoms with Gasteiger partial charge in [-0.1, -0.05) is 18.2 Å². The number of hydrogen-bond acceptors (Lipinski definition) is 2. The third kappa shape index (κ3) is 2.86. The van der Waals surface area contributed by atoms with E-state index in [1.165, 1.54) is 0 Å². The molecule has 1 aromatic carbocycles. The Kier molecular flexibility index (Phi) is 3.48. The number of nitrogens with one attached hydrogen (secondary N) is 1. The molecular weight excluding hydrogens is 214 g/mol. The van der Waals surface area contributed by atoms with Crippen LogP contribution in [0.15, 0.2) is 18.2 Å². The first-order chi connectivity index (χ1) is 8.09. The summed E-state index contributed by atoms with van der Waals surface area (Å²) in [7, 11) is 0. The van der Waals surface area contributed by atoms with E-state index in [0.29, 0.717) is 12.5 Å². The average Bonchev–Trinajstić information content (AvgIpc) is 3.09. The molecule has 2 rings (SSSR count). The molecule has 1 aromatic rings. The molecule has 1 amide bonds. The lowest BCUT2D eigenvalue weighted by Gasteiger charge is -2.13. The van der Waals surface area contributed by atoms with Gasteiger partial charge in [0.15, 0.2) is 0 Å². The third-order valence-electron chi connectivity index (χ3n) is 3.35. The number of hydrogen-bond donors (Lipinski definition) is 2. The molecule has 1 aliphatic rings. The number of aliphatic hydroxyl groups is 1. The molecule has 1 aliphatic carbocycles. The minimum absolute atomic E-state index is 0.0831. The van der Waals surface area contributed by atoms with Gasteiger partial charge in [0.05, 0.1) is 6.10 Å². The minimum Gasteiger partial charge on any atom is -0.391 e. The second kappa shape index (κ2) is 4.88. The third-order valence-corrected chi connectivity index (χ3v) is 3.35. The Hall–Kier alpha value is -1.35. The number of benzene rings is 1. The minimum atomic E-state index is -0.386. The lowest BCUT2D eigenvalue weighted by molar-refractivity contribution is 0.0900. The van der Waals surface area contributed by atoms with Crippen molar-refractivity contribution in [1.82, 2.24) is 5.32 Å². The highest BCUT2D eigenvalue weighted by molar-refractivity contribution is 5.97. The van der Waals surface area contributed by atoms with Gasteiger partial charge in [-0.3, -0.25) is 4.79 Å². The second-order valence-electron chi connectivity index (χ2n) is 4.88. The molecular formula is C14H19NO2. The van der Waals surface area contributed by atoms with Crippen LogP contribution in [0.3, 0.4) is 0 Å². The van der Waals surface area contributed by atoms with E-state index >= 15 is 0 Å². The molecule has 3 nitrogen and oxygen atoms in total. The quantitative estimate of drug-likeness (QED) is 0.833. The molecule has 1 unspecified atom stereocenters. The SMILES string of the molecule is Cc1cccc(C)c1C(=O)NCC(O)C1CC1. The Balaban J connectivity index is 1.99. The fraction of sp³-hybridized carbons (Fsp3) is 0.500. The molecule has 0 bridgehead atoms. The van der Waals surface area contributed by atoms with Crippen LogP contribution in [0.1, 0.15) is 34.3 Å². The molecule has 17 heavy (non-hydrogen) atoms. The number of carbonyl (C=O) groups excluding carboxylic acids is 1. The lowest BCUT2D eigenvalue weighted by Crippen LogP contribution is -2.33. The molecule has 3 heteroatoms. The van der Waals surface area contributed by atoms with E-state index < -0.39 is 0 Å². The van der Waals surface area contributed by atoms with Gasteiger partial charge >= 0.3 is 0 Å². The highest BCUT2D eigenvalue weighted by Gasteiger charge is 2.29. The lowest BCUT2D eigenvalue weighted by atomic mass is 10.0. The Morgan fingerprint density at radius 3 is 2.53 bits per heavy atom. The predicted molar refractivity (Wildman–Crippen MR) is 67.0 cm³/mol. The van der Waals surface area contributed by atoms with Gasteiger partial charge in [0.1, 0.15) is 0 Å². The van der Waals surface area contributed by atoms with Crippen molar-refractivity contribution in [2.24, 2.45) is 5.92 Å². The van der Waals surface area contributed by atoms with Crippen LogP contribution in [-0.4, -0.2) is 23.7 Å². The number of aliphatic hydroxyl groups excluding tert-OH is 1. The van der Waals surface area contributed by atoms with Crippen molar-refractivity contribution in [3.05, 3.63) is 34.9 Å². The zero-order valence-corrected chi connectivity index (χ0v) is 10.4. The van der Waals surface area contributed by atoms with Crippen molar-refractivity contribution < 1.29 is 9.90 Å². The van der Waals surface area contributed by atoms with Crippen LogP contribution in [0.25, 0.3) is 0 Å². The highest BCUT2D eigenvalue weighted by Crippen LogP contribution is 2.32. The number of rotatable bonds is 4. The molecule has 0 radical (unpaired) electrons. The summed E-state index contributed by atoms with van der Waals surface area (Å²) in [5.74, 6) is 0.313. The molecule has 92 valence electrons. The highest BCUT2D eigenvalue weighted by atomic mass is 16.3. The summed E-state index contributed by atoms with van der Waals surface area (Å²) in [5.41, 5.74) is 2.68. The topological polar surface area (TPSA) is 49.3 Å². The van der Waals surface area contributed by atoms with Crippen LogP contribution in [0.4, 0.5) is 0 Å². The maximum absolute atomic E-state index is 12.0. The average molecular weight is 233 g/mol. The first-order valence-electron chi connectivity index (χ1n) is 6.12. The molecule has 0 saturated heterocycles. The molecule has 1 saturated carbocycles. The van der Waals surface area contributed by atoms with Gasteiger partial charge in [0.2, 0.25) is 0 Å². The first-order valence-corrected chi connectivity index (χ1v) is 6.12. The maximum Gasteiger partial charge on any atom is 0.251 e. The molecule has 1 atom stereocenters. The fourth-order valence-electron chi connectivity index (χ4n) is 2.11. The van der Waals surface area contributed by atoms with E-state index in [0.717, 1.165) is 29.5 Å². The maximum atomic E-state index is 12.0. The monoisotopic (exact) mass is 233 g/mol. The molecule has 2 N–H and O–H groups in total. The van der Waals surface area contributed by atoms with E-state index in [4.69, 9.17) is 0 Å². The Bertz CT molecular complexity index is 404. The van der Waals surface area contributed by atoms with E-state index in [2.05, 4.69) is 5.32 Å². The fourth-order valence-corrected chi connectivity index (χ4v) is 2.11. The summed E-state index contributed by atoms with van der Waals surface area (Å²) in [6.07, 6.45) is 1.78. The molecule has 0 heterocycles. The van der Waals surface area contributed by atoms with E-state index in [9.17, 15) is 9.90 Å². The Labute approximate surface area is 102 Å². The smallest absolute Gasteiger partial charge is 0.251 e. The summed E-state index contributed by atoms with van der Waals surface area (Å²) in [5, 5.41) is 12.5. The van der Waals surface area contributed by atoms with Crippen molar-refractivity contribution in [3.63, 3.8) is 0 Å². The molecule has 1 fully saturated rings. The first kappa shape index (κ1) is 12.1. The van der Waals surface area contributed by atoms with Gasteiger partial charge in [-0.15, -0.1) is 0 Å². The van der Waals surface area contributed by atoms with E-state index in [1.54, 1.807) is 0 Å². The summed E-state index contributed by atoms with van der Waals surface area (Å²) >= 11 is 0. The standard InChI is InChI=1S/C14H19NO2/c1-9-4-3-5-10(2)13(9)14(17)15-8-12(16)11-6-7-11/h3-5,11-12,16H,6-8H2,1-2H3,(H,15,17).